The van der Waals surface area contributed by atoms with Gasteiger partial charge < -0.3 is 10.2 Å². The molecule has 2 aromatic carbocycles. The molecular formula is C29H39ClN2O2. The molecule has 0 heterocycles. The zero-order chi connectivity index (χ0) is 24.7. The van der Waals surface area contributed by atoms with Crippen molar-refractivity contribution in [1.82, 2.24) is 10.2 Å². The Hall–Kier alpha value is -2.33. The van der Waals surface area contributed by atoms with Gasteiger partial charge in [0.1, 0.15) is 6.04 Å². The zero-order valence-electron chi connectivity index (χ0n) is 21.1. The van der Waals surface area contributed by atoms with Crippen LogP contribution in [0.25, 0.3) is 0 Å². The van der Waals surface area contributed by atoms with Crippen LogP contribution in [0.15, 0.2) is 48.5 Å². The van der Waals surface area contributed by atoms with Crippen molar-refractivity contribution in [3.05, 3.63) is 70.2 Å². The number of aryl methyl sites for hydroxylation is 1. The van der Waals surface area contributed by atoms with E-state index in [9.17, 15) is 9.59 Å². The average Bonchev–Trinajstić information content (AvgIpc) is 2.82. The van der Waals surface area contributed by atoms with E-state index in [0.29, 0.717) is 24.4 Å². The minimum absolute atomic E-state index is 0.0360. The van der Waals surface area contributed by atoms with Gasteiger partial charge >= 0.3 is 0 Å². The summed E-state index contributed by atoms with van der Waals surface area (Å²) in [6.45, 7) is 8.72. The van der Waals surface area contributed by atoms with E-state index in [0.717, 1.165) is 36.8 Å². The molecule has 1 fully saturated rings. The van der Waals surface area contributed by atoms with Gasteiger partial charge in [-0.2, -0.15) is 0 Å². The van der Waals surface area contributed by atoms with Crippen LogP contribution in [0.5, 0.6) is 0 Å². The van der Waals surface area contributed by atoms with E-state index in [1.807, 2.05) is 31.2 Å². The average molecular weight is 483 g/mol. The fraction of sp³-hybridized carbons (Fsp3) is 0.517. The summed E-state index contributed by atoms with van der Waals surface area (Å²) in [6, 6.07) is 15.7. The quantitative estimate of drug-likeness (QED) is 0.470. The first-order chi connectivity index (χ1) is 16.1. The fourth-order valence-corrected chi connectivity index (χ4v) is 4.72. The van der Waals surface area contributed by atoms with Crippen molar-refractivity contribution in [3.8, 4) is 0 Å². The monoisotopic (exact) mass is 482 g/mol. The molecule has 1 aliphatic rings. The number of benzene rings is 2. The van der Waals surface area contributed by atoms with Gasteiger partial charge in [0.25, 0.3) is 0 Å². The van der Waals surface area contributed by atoms with Crippen LogP contribution >= 0.6 is 11.6 Å². The third-order valence-electron chi connectivity index (χ3n) is 6.86. The zero-order valence-corrected chi connectivity index (χ0v) is 21.8. The lowest BCUT2D eigenvalue weighted by Gasteiger charge is -2.31. The molecule has 4 nitrogen and oxygen atoms in total. The predicted octanol–water partition coefficient (Wildman–Crippen LogP) is 6.44. The number of rotatable bonds is 8. The number of hydrogen-bond acceptors (Lipinski definition) is 2. The SMILES string of the molecule is C[C@@H](C(=O)NC1CCCCC1)N(Cc1ccccc1Cl)C(=O)CCc1ccc(C(C)(C)C)cc1. The predicted molar refractivity (Wildman–Crippen MR) is 140 cm³/mol. The van der Waals surface area contributed by atoms with Gasteiger partial charge in [-0.1, -0.05) is 94.1 Å². The minimum Gasteiger partial charge on any atom is -0.352 e. The van der Waals surface area contributed by atoms with Crippen LogP contribution < -0.4 is 5.32 Å². The maximum absolute atomic E-state index is 13.4. The number of carbonyl (C=O) groups is 2. The smallest absolute Gasteiger partial charge is 0.242 e. The first-order valence-electron chi connectivity index (χ1n) is 12.6. The lowest BCUT2D eigenvalue weighted by Crippen LogP contribution is -2.50. The van der Waals surface area contributed by atoms with Crippen molar-refractivity contribution >= 4 is 23.4 Å². The maximum atomic E-state index is 13.4. The van der Waals surface area contributed by atoms with Crippen molar-refractivity contribution in [2.24, 2.45) is 0 Å². The van der Waals surface area contributed by atoms with Crippen LogP contribution in [0.3, 0.4) is 0 Å². The summed E-state index contributed by atoms with van der Waals surface area (Å²) in [5.74, 6) is -0.118. The Kier molecular flexibility index (Phi) is 9.18. The Labute approximate surface area is 210 Å². The van der Waals surface area contributed by atoms with Crippen LogP contribution in [-0.2, 0) is 28.0 Å². The van der Waals surface area contributed by atoms with Gasteiger partial charge in [0.05, 0.1) is 0 Å². The second-order valence-corrected chi connectivity index (χ2v) is 11.0. The number of hydrogen-bond donors (Lipinski definition) is 1. The van der Waals surface area contributed by atoms with E-state index < -0.39 is 6.04 Å². The number of carbonyl (C=O) groups excluding carboxylic acids is 2. The van der Waals surface area contributed by atoms with Crippen LogP contribution in [0, 0.1) is 0 Å². The molecule has 0 unspecified atom stereocenters. The van der Waals surface area contributed by atoms with Gasteiger partial charge in [-0.3, -0.25) is 9.59 Å². The van der Waals surface area contributed by atoms with E-state index in [-0.39, 0.29) is 23.3 Å². The van der Waals surface area contributed by atoms with Gasteiger partial charge in [-0.15, -0.1) is 0 Å². The van der Waals surface area contributed by atoms with Crippen molar-refractivity contribution in [3.63, 3.8) is 0 Å². The Morgan fingerprint density at radius 2 is 1.68 bits per heavy atom. The Bertz CT molecular complexity index is 959. The van der Waals surface area contributed by atoms with Crippen LogP contribution in [-0.4, -0.2) is 28.8 Å². The standard InChI is InChI=1S/C29H39ClN2O2/c1-21(28(34)31-25-11-6-5-7-12-25)32(20-23-10-8-9-13-26(23)30)27(33)19-16-22-14-17-24(18-15-22)29(2,3)4/h8-10,13-15,17-18,21,25H,5-7,11-12,16,19-20H2,1-4H3,(H,31,34)/t21-/m0/s1. The summed E-state index contributed by atoms with van der Waals surface area (Å²) in [5.41, 5.74) is 3.35. The van der Waals surface area contributed by atoms with E-state index in [1.54, 1.807) is 4.90 Å². The van der Waals surface area contributed by atoms with E-state index in [1.165, 1.54) is 12.0 Å². The Morgan fingerprint density at radius 1 is 1.03 bits per heavy atom. The molecule has 184 valence electrons. The molecule has 0 radical (unpaired) electrons. The summed E-state index contributed by atoms with van der Waals surface area (Å²) in [4.78, 5) is 28.2. The van der Waals surface area contributed by atoms with Gasteiger partial charge in [-0.05, 0) is 54.4 Å². The third-order valence-corrected chi connectivity index (χ3v) is 7.23. The summed E-state index contributed by atoms with van der Waals surface area (Å²) in [7, 11) is 0. The summed E-state index contributed by atoms with van der Waals surface area (Å²) in [5, 5.41) is 3.79. The normalized spacial score (nSPS) is 15.6. The first kappa shape index (κ1) is 26.3. The number of nitrogens with one attached hydrogen (secondary N) is 1. The second-order valence-electron chi connectivity index (χ2n) is 10.6. The Balaban J connectivity index is 1.70. The molecule has 3 rings (SSSR count). The molecule has 1 saturated carbocycles. The van der Waals surface area contributed by atoms with Gasteiger partial charge in [0.15, 0.2) is 0 Å². The molecule has 5 heteroatoms. The largest absolute Gasteiger partial charge is 0.352 e. The maximum Gasteiger partial charge on any atom is 0.242 e. The molecule has 0 aliphatic heterocycles. The number of amides is 2. The van der Waals surface area contributed by atoms with Crippen LogP contribution in [0.2, 0.25) is 5.02 Å². The summed E-state index contributed by atoms with van der Waals surface area (Å²) in [6.07, 6.45) is 6.55. The Morgan fingerprint density at radius 3 is 2.29 bits per heavy atom. The fourth-order valence-electron chi connectivity index (χ4n) is 4.53. The highest BCUT2D eigenvalue weighted by Crippen LogP contribution is 2.24. The van der Waals surface area contributed by atoms with Crippen LogP contribution in [0.4, 0.5) is 0 Å². The highest BCUT2D eigenvalue weighted by Gasteiger charge is 2.28. The van der Waals surface area contributed by atoms with E-state index in [2.05, 4.69) is 50.4 Å². The molecule has 0 aromatic heterocycles. The van der Waals surface area contributed by atoms with Gasteiger partial charge in [-0.25, -0.2) is 0 Å². The molecule has 1 aliphatic carbocycles. The molecule has 0 spiro atoms. The number of halogens is 1. The van der Waals surface area contributed by atoms with Gasteiger partial charge in [0, 0.05) is 24.0 Å². The molecule has 2 amide bonds. The molecule has 34 heavy (non-hydrogen) atoms. The van der Waals surface area contributed by atoms with Crippen molar-refractivity contribution in [2.75, 3.05) is 0 Å². The minimum atomic E-state index is -0.561. The van der Waals surface area contributed by atoms with E-state index in [4.69, 9.17) is 11.6 Å². The second kappa shape index (κ2) is 11.9. The topological polar surface area (TPSA) is 49.4 Å². The lowest BCUT2D eigenvalue weighted by molar-refractivity contribution is -0.141. The van der Waals surface area contributed by atoms with Crippen molar-refractivity contribution < 1.29 is 9.59 Å². The third kappa shape index (κ3) is 7.33. The highest BCUT2D eigenvalue weighted by molar-refractivity contribution is 6.31. The van der Waals surface area contributed by atoms with E-state index >= 15 is 0 Å². The van der Waals surface area contributed by atoms with Gasteiger partial charge in [0.2, 0.25) is 11.8 Å². The molecule has 2 aromatic rings. The molecule has 0 saturated heterocycles. The molecule has 0 bridgehead atoms. The van der Waals surface area contributed by atoms with Crippen molar-refractivity contribution in [1.29, 1.82) is 0 Å². The lowest BCUT2D eigenvalue weighted by atomic mass is 9.86. The summed E-state index contributed by atoms with van der Waals surface area (Å²) >= 11 is 6.40. The number of nitrogens with zero attached hydrogens (tertiary/aromatic N) is 1. The highest BCUT2D eigenvalue weighted by atomic mass is 35.5. The van der Waals surface area contributed by atoms with Crippen LogP contribution in [0.1, 0.15) is 82.9 Å². The van der Waals surface area contributed by atoms with Crippen molar-refractivity contribution in [2.45, 2.75) is 96.7 Å². The summed E-state index contributed by atoms with van der Waals surface area (Å²) < 4.78 is 0. The molecule has 1 atom stereocenters. The first-order valence-corrected chi connectivity index (χ1v) is 13.0. The molecule has 1 N–H and O–H groups in total. The molecular weight excluding hydrogens is 444 g/mol.